The minimum atomic E-state index is -0.933. The van der Waals surface area contributed by atoms with Crippen molar-refractivity contribution in [1.29, 1.82) is 0 Å². The summed E-state index contributed by atoms with van der Waals surface area (Å²) in [4.78, 5) is 46.2. The number of hydrogen-bond donors (Lipinski definition) is 3. The molecule has 2 aromatic carbocycles. The topological polar surface area (TPSA) is 115 Å². The van der Waals surface area contributed by atoms with Gasteiger partial charge in [0.25, 0.3) is 5.91 Å². The van der Waals surface area contributed by atoms with Crippen molar-refractivity contribution in [3.63, 3.8) is 0 Å². The molecule has 2 aliphatic rings. The third-order valence-electron chi connectivity index (χ3n) is 6.36. The summed E-state index contributed by atoms with van der Waals surface area (Å²) in [5, 5.41) is 15.9. The number of carbonyl (C=O) groups is 3. The van der Waals surface area contributed by atoms with Gasteiger partial charge >= 0.3 is 0 Å². The Hall–Kier alpha value is -4.04. The highest BCUT2D eigenvalue weighted by molar-refractivity contribution is 6.27. The summed E-state index contributed by atoms with van der Waals surface area (Å²) in [6.45, 7) is 0. The molecular formula is C24H18N4O4. The Kier molecular flexibility index (Phi) is 3.93. The van der Waals surface area contributed by atoms with Crippen LogP contribution in [0.3, 0.4) is 0 Å². The van der Waals surface area contributed by atoms with Gasteiger partial charge in [0.1, 0.15) is 17.8 Å². The van der Waals surface area contributed by atoms with Gasteiger partial charge in [-0.1, -0.05) is 18.2 Å². The predicted molar refractivity (Wildman–Crippen MR) is 117 cm³/mol. The summed E-state index contributed by atoms with van der Waals surface area (Å²) < 4.78 is 0. The van der Waals surface area contributed by atoms with Crippen molar-refractivity contribution in [3.8, 4) is 0 Å². The number of aromatic nitrogens is 2. The van der Waals surface area contributed by atoms with E-state index < -0.39 is 18.1 Å². The predicted octanol–water partition coefficient (Wildman–Crippen LogP) is 2.56. The number of aliphatic hydroxyl groups is 1. The largest absolute Gasteiger partial charge is 0.384 e. The second-order valence-corrected chi connectivity index (χ2v) is 8.09. The number of benzene rings is 2. The van der Waals surface area contributed by atoms with Crippen LogP contribution in [0.15, 0.2) is 54.9 Å². The van der Waals surface area contributed by atoms with Crippen molar-refractivity contribution in [2.24, 2.45) is 0 Å². The Bertz CT molecular complexity index is 1460. The standard InChI is InChI=1S/C24H18N4O4/c29-19-9-8-18(23(31)27-19)28-17-7-6-13(12-3-1-4-15(20(12)17)24(28)32)21(30)16-11-26-22-14(16)5-2-10-25-22/h1-7,10-11,18,21,30H,8-9H2,(H,25,26)(H,27,29,31). The van der Waals surface area contributed by atoms with Crippen molar-refractivity contribution in [1.82, 2.24) is 15.3 Å². The van der Waals surface area contributed by atoms with E-state index in [0.29, 0.717) is 33.4 Å². The normalized spacial score (nSPS) is 19.1. The molecule has 2 atom stereocenters. The molecule has 8 heteroatoms. The molecule has 2 unspecified atom stereocenters. The zero-order valence-electron chi connectivity index (χ0n) is 16.8. The number of piperidine rings is 1. The number of rotatable bonds is 3. The smallest absolute Gasteiger partial charge is 0.259 e. The van der Waals surface area contributed by atoms with Crippen LogP contribution in [0, 0.1) is 0 Å². The van der Waals surface area contributed by atoms with Gasteiger partial charge in [0.2, 0.25) is 11.8 Å². The molecule has 3 N–H and O–H groups in total. The van der Waals surface area contributed by atoms with E-state index in [-0.39, 0.29) is 24.7 Å². The molecule has 0 spiro atoms. The third-order valence-corrected chi connectivity index (χ3v) is 6.36. The lowest BCUT2D eigenvalue weighted by Gasteiger charge is -2.30. The van der Waals surface area contributed by atoms with Crippen LogP contribution < -0.4 is 10.2 Å². The number of amides is 3. The van der Waals surface area contributed by atoms with Gasteiger partial charge in [-0.15, -0.1) is 0 Å². The van der Waals surface area contributed by atoms with Crippen molar-refractivity contribution in [2.75, 3.05) is 4.90 Å². The highest BCUT2D eigenvalue weighted by atomic mass is 16.3. The highest BCUT2D eigenvalue weighted by Crippen LogP contribution is 2.43. The van der Waals surface area contributed by atoms with Crippen LogP contribution in [0.4, 0.5) is 5.69 Å². The molecule has 8 nitrogen and oxygen atoms in total. The molecule has 1 saturated heterocycles. The Morgan fingerprint density at radius 3 is 2.72 bits per heavy atom. The van der Waals surface area contributed by atoms with Crippen LogP contribution in [-0.2, 0) is 9.59 Å². The minimum Gasteiger partial charge on any atom is -0.384 e. The van der Waals surface area contributed by atoms with E-state index in [4.69, 9.17) is 0 Å². The molecule has 3 amide bonds. The molecule has 0 saturated carbocycles. The first-order chi connectivity index (χ1) is 15.5. The number of aromatic amines is 1. The lowest BCUT2D eigenvalue weighted by atomic mass is 9.94. The van der Waals surface area contributed by atoms with Crippen molar-refractivity contribution >= 4 is 45.2 Å². The van der Waals surface area contributed by atoms with Gasteiger partial charge in [0.05, 0.1) is 5.69 Å². The number of nitrogens with zero attached hydrogens (tertiary/aromatic N) is 2. The van der Waals surface area contributed by atoms with Crippen LogP contribution in [0.2, 0.25) is 0 Å². The van der Waals surface area contributed by atoms with E-state index in [2.05, 4.69) is 15.3 Å². The quantitative estimate of drug-likeness (QED) is 0.436. The van der Waals surface area contributed by atoms with Crippen LogP contribution in [-0.4, -0.2) is 38.8 Å². The average Bonchev–Trinajstić information content (AvgIpc) is 3.35. The van der Waals surface area contributed by atoms with Gasteiger partial charge in [-0.3, -0.25) is 24.6 Å². The van der Waals surface area contributed by atoms with Crippen molar-refractivity contribution in [3.05, 3.63) is 71.5 Å². The summed E-state index contributed by atoms with van der Waals surface area (Å²) in [7, 11) is 0. The Labute approximate surface area is 181 Å². The molecule has 0 radical (unpaired) electrons. The van der Waals surface area contributed by atoms with Gasteiger partial charge in [0, 0.05) is 40.7 Å². The summed E-state index contributed by atoms with van der Waals surface area (Å²) in [5.41, 5.74) is 3.14. The molecule has 158 valence electrons. The lowest BCUT2D eigenvalue weighted by molar-refractivity contribution is -0.134. The van der Waals surface area contributed by atoms with Crippen LogP contribution in [0.1, 0.15) is 40.4 Å². The number of nitrogens with one attached hydrogen (secondary N) is 2. The second kappa shape index (κ2) is 6.73. The maximum absolute atomic E-state index is 13.3. The van der Waals surface area contributed by atoms with E-state index in [9.17, 15) is 19.5 Å². The molecule has 0 aliphatic carbocycles. The summed E-state index contributed by atoms with van der Waals surface area (Å²) in [6, 6.07) is 11.9. The molecule has 6 rings (SSSR count). The minimum absolute atomic E-state index is 0.186. The summed E-state index contributed by atoms with van der Waals surface area (Å²) >= 11 is 0. The number of fused-ring (bicyclic) bond motifs is 1. The number of H-pyrrole nitrogens is 1. The Morgan fingerprint density at radius 1 is 1.03 bits per heavy atom. The maximum atomic E-state index is 13.3. The molecule has 2 aliphatic heterocycles. The molecule has 4 heterocycles. The Balaban J connectivity index is 1.49. The first kappa shape index (κ1) is 18.7. The fourth-order valence-electron chi connectivity index (χ4n) is 4.88. The van der Waals surface area contributed by atoms with Gasteiger partial charge in [-0.25, -0.2) is 4.98 Å². The molecule has 32 heavy (non-hydrogen) atoms. The number of pyridine rings is 1. The van der Waals surface area contributed by atoms with Gasteiger partial charge in [-0.2, -0.15) is 0 Å². The second-order valence-electron chi connectivity index (χ2n) is 8.09. The average molecular weight is 426 g/mol. The van der Waals surface area contributed by atoms with Crippen LogP contribution in [0.25, 0.3) is 21.8 Å². The molecule has 4 aromatic rings. The fraction of sp³-hybridized carbons (Fsp3) is 0.167. The van der Waals surface area contributed by atoms with E-state index in [1.807, 2.05) is 18.2 Å². The molecule has 1 fully saturated rings. The molecular weight excluding hydrogens is 408 g/mol. The van der Waals surface area contributed by atoms with Crippen molar-refractivity contribution in [2.45, 2.75) is 25.0 Å². The highest BCUT2D eigenvalue weighted by Gasteiger charge is 2.41. The van der Waals surface area contributed by atoms with Gasteiger partial charge in [-0.05, 0) is 41.6 Å². The van der Waals surface area contributed by atoms with Gasteiger partial charge in [0.15, 0.2) is 0 Å². The zero-order chi connectivity index (χ0) is 22.0. The van der Waals surface area contributed by atoms with Crippen LogP contribution >= 0.6 is 0 Å². The molecule has 2 aromatic heterocycles. The lowest BCUT2D eigenvalue weighted by Crippen LogP contribution is -2.53. The zero-order valence-corrected chi connectivity index (χ0v) is 16.8. The Morgan fingerprint density at radius 2 is 1.88 bits per heavy atom. The van der Waals surface area contributed by atoms with Crippen LogP contribution in [0.5, 0.6) is 0 Å². The SMILES string of the molecule is O=C1CCC(N2C(=O)c3cccc4c(C(O)c5c[nH]c6ncccc56)ccc2c34)C(=O)N1. The first-order valence-corrected chi connectivity index (χ1v) is 10.4. The monoisotopic (exact) mass is 426 g/mol. The number of imide groups is 1. The van der Waals surface area contributed by atoms with E-state index >= 15 is 0 Å². The maximum Gasteiger partial charge on any atom is 0.259 e. The first-order valence-electron chi connectivity index (χ1n) is 10.4. The fourth-order valence-corrected chi connectivity index (χ4v) is 4.88. The number of anilines is 1. The number of hydrogen-bond acceptors (Lipinski definition) is 5. The van der Waals surface area contributed by atoms with E-state index in [1.54, 1.807) is 36.7 Å². The number of aliphatic hydroxyl groups excluding tert-OH is 1. The summed E-state index contributed by atoms with van der Waals surface area (Å²) in [6.07, 6.45) is 2.95. The third kappa shape index (κ3) is 2.53. The van der Waals surface area contributed by atoms with Crippen molar-refractivity contribution < 1.29 is 19.5 Å². The number of carbonyl (C=O) groups excluding carboxylic acids is 3. The molecule has 0 bridgehead atoms. The van der Waals surface area contributed by atoms with Gasteiger partial charge < -0.3 is 10.1 Å². The van der Waals surface area contributed by atoms with E-state index in [0.717, 1.165) is 10.8 Å². The van der Waals surface area contributed by atoms with E-state index in [1.165, 1.54) is 4.90 Å². The summed E-state index contributed by atoms with van der Waals surface area (Å²) in [5.74, 6) is -1.07.